The Labute approximate surface area is 234 Å². The molecule has 40 heavy (non-hydrogen) atoms. The summed E-state index contributed by atoms with van der Waals surface area (Å²) < 4.78 is 12.6. The van der Waals surface area contributed by atoms with Gasteiger partial charge in [0.2, 0.25) is 0 Å². The minimum atomic E-state index is -0.628. The molecule has 0 spiro atoms. The zero-order chi connectivity index (χ0) is 28.4. The summed E-state index contributed by atoms with van der Waals surface area (Å²) in [6.07, 6.45) is 4.64. The van der Waals surface area contributed by atoms with E-state index in [-0.39, 0.29) is 24.2 Å². The average molecular weight is 542 g/mol. The summed E-state index contributed by atoms with van der Waals surface area (Å²) in [5.74, 6) is 0.367. The van der Waals surface area contributed by atoms with Crippen molar-refractivity contribution in [3.05, 3.63) is 60.3 Å². The average Bonchev–Trinajstić information content (AvgIpc) is 3.69. The summed E-state index contributed by atoms with van der Waals surface area (Å²) in [6.45, 7) is 5.49. The number of nitriles is 1. The fourth-order valence-electron chi connectivity index (χ4n) is 5.88. The van der Waals surface area contributed by atoms with Crippen molar-refractivity contribution in [2.45, 2.75) is 70.6 Å². The Morgan fingerprint density at radius 3 is 2.62 bits per heavy atom. The first-order valence-electron chi connectivity index (χ1n) is 13.7. The highest BCUT2D eigenvalue weighted by molar-refractivity contribution is 5.89. The standard InChI is InChI=1S/C31H35N5O4/c1-31(2,3)40-30(38)36-25-13-10-23(16-25)29(36)28(37)15-21(18-32)14-20-8-11-24(12-9-20)35-19-27(33-34-35)22-6-5-7-26(17-22)39-4/h5-9,11-12,17,19,21,23,25,29H,10,13-16H2,1-4H3/t21-,23+,25-,29+/m1/s1. The van der Waals surface area contributed by atoms with Crippen LogP contribution in [0.15, 0.2) is 54.7 Å². The van der Waals surface area contributed by atoms with E-state index in [4.69, 9.17) is 9.47 Å². The van der Waals surface area contributed by atoms with Crippen LogP contribution in [0.5, 0.6) is 5.75 Å². The van der Waals surface area contributed by atoms with E-state index in [1.54, 1.807) is 16.7 Å². The van der Waals surface area contributed by atoms with Crippen molar-refractivity contribution in [1.82, 2.24) is 19.9 Å². The monoisotopic (exact) mass is 541 g/mol. The molecule has 9 heteroatoms. The number of benzene rings is 2. The van der Waals surface area contributed by atoms with Crippen LogP contribution < -0.4 is 4.74 Å². The molecule has 1 amide bonds. The van der Waals surface area contributed by atoms with E-state index in [2.05, 4.69) is 16.4 Å². The van der Waals surface area contributed by atoms with Gasteiger partial charge >= 0.3 is 6.09 Å². The smallest absolute Gasteiger partial charge is 0.411 e. The van der Waals surface area contributed by atoms with Crippen LogP contribution >= 0.6 is 0 Å². The predicted octanol–water partition coefficient (Wildman–Crippen LogP) is 5.37. The highest BCUT2D eigenvalue weighted by atomic mass is 16.6. The number of methoxy groups -OCH3 is 1. The molecule has 4 atom stereocenters. The number of nitrogens with zero attached hydrogens (tertiary/aromatic N) is 5. The number of Topliss-reactive ketones (excluding diaryl/α,β-unsaturated/α-hetero) is 1. The number of carbonyl (C=O) groups excluding carboxylic acids is 2. The highest BCUT2D eigenvalue weighted by Crippen LogP contribution is 2.44. The van der Waals surface area contributed by atoms with Crippen molar-refractivity contribution in [2.75, 3.05) is 7.11 Å². The van der Waals surface area contributed by atoms with E-state index in [9.17, 15) is 14.9 Å². The van der Waals surface area contributed by atoms with E-state index >= 15 is 0 Å². The maximum atomic E-state index is 13.4. The maximum Gasteiger partial charge on any atom is 0.411 e. The Morgan fingerprint density at radius 2 is 1.93 bits per heavy atom. The van der Waals surface area contributed by atoms with Gasteiger partial charge in [-0.25, -0.2) is 9.48 Å². The van der Waals surface area contributed by atoms with Gasteiger partial charge in [0, 0.05) is 18.0 Å². The van der Waals surface area contributed by atoms with Crippen LogP contribution in [0.4, 0.5) is 4.79 Å². The second-order valence-electron chi connectivity index (χ2n) is 11.7. The van der Waals surface area contributed by atoms with Crippen LogP contribution in [0.1, 0.15) is 52.0 Å². The lowest BCUT2D eigenvalue weighted by Crippen LogP contribution is -2.51. The molecule has 5 rings (SSSR count). The number of ketones is 1. The third-order valence-corrected chi connectivity index (χ3v) is 7.69. The molecule has 2 heterocycles. The first kappa shape index (κ1) is 27.4. The number of hydrogen-bond donors (Lipinski definition) is 0. The number of hydrogen-bond acceptors (Lipinski definition) is 7. The van der Waals surface area contributed by atoms with Crippen molar-refractivity contribution in [3.63, 3.8) is 0 Å². The normalized spacial score (nSPS) is 20.7. The molecule has 1 aliphatic carbocycles. The van der Waals surface area contributed by atoms with Crippen molar-refractivity contribution in [1.29, 1.82) is 5.26 Å². The van der Waals surface area contributed by atoms with Crippen molar-refractivity contribution >= 4 is 11.9 Å². The van der Waals surface area contributed by atoms with Crippen LogP contribution in [0.2, 0.25) is 0 Å². The quantitative estimate of drug-likeness (QED) is 0.377. The molecule has 2 bridgehead atoms. The number of fused-ring (bicyclic) bond motifs is 2. The molecule has 3 aromatic rings. The molecule has 1 aromatic heterocycles. The fraction of sp³-hybridized carbons (Fsp3) is 0.452. The molecule has 1 saturated carbocycles. The minimum Gasteiger partial charge on any atom is -0.497 e. The van der Waals surface area contributed by atoms with Crippen LogP contribution in [0.25, 0.3) is 16.9 Å². The van der Waals surface area contributed by atoms with Gasteiger partial charge in [0.1, 0.15) is 17.0 Å². The topological polar surface area (TPSA) is 110 Å². The molecule has 0 N–H and O–H groups in total. The molecule has 1 saturated heterocycles. The lowest BCUT2D eigenvalue weighted by Gasteiger charge is -2.35. The van der Waals surface area contributed by atoms with Gasteiger partial charge in [-0.05, 0) is 82.2 Å². The number of piperidine rings is 1. The first-order chi connectivity index (χ1) is 19.1. The van der Waals surface area contributed by atoms with E-state index in [0.29, 0.717) is 6.42 Å². The summed E-state index contributed by atoms with van der Waals surface area (Å²) in [6, 6.07) is 17.2. The number of likely N-dealkylation sites (tertiary alicyclic amines) is 1. The first-order valence-corrected chi connectivity index (χ1v) is 13.7. The summed E-state index contributed by atoms with van der Waals surface area (Å²) >= 11 is 0. The van der Waals surface area contributed by atoms with Crippen LogP contribution in [-0.2, 0) is 16.0 Å². The SMILES string of the molecule is COc1cccc(-c2cn(-c3ccc(C[C@@H](C#N)CC(=O)[C@@H]4[C@H]5CC[C@H](C5)N4C(=O)OC(C)(C)C)cc3)nn2)c1. The minimum absolute atomic E-state index is 0.0445. The fourth-order valence-corrected chi connectivity index (χ4v) is 5.88. The van der Waals surface area contributed by atoms with Crippen LogP contribution in [0, 0.1) is 23.2 Å². The Balaban J connectivity index is 1.23. The molecular weight excluding hydrogens is 506 g/mol. The Morgan fingerprint density at radius 1 is 1.15 bits per heavy atom. The zero-order valence-corrected chi connectivity index (χ0v) is 23.4. The van der Waals surface area contributed by atoms with E-state index in [1.807, 2.05) is 75.5 Å². The maximum absolute atomic E-state index is 13.4. The lowest BCUT2D eigenvalue weighted by atomic mass is 9.88. The number of amides is 1. The molecule has 2 aromatic carbocycles. The molecule has 0 radical (unpaired) electrons. The van der Waals surface area contributed by atoms with Crippen molar-refractivity contribution < 1.29 is 19.1 Å². The molecule has 2 aliphatic rings. The second kappa shape index (κ2) is 11.1. The summed E-state index contributed by atoms with van der Waals surface area (Å²) in [7, 11) is 1.63. The van der Waals surface area contributed by atoms with Gasteiger partial charge in [0.15, 0.2) is 5.78 Å². The van der Waals surface area contributed by atoms with Gasteiger partial charge in [-0.15, -0.1) is 5.10 Å². The van der Waals surface area contributed by atoms with Crippen LogP contribution in [0.3, 0.4) is 0 Å². The van der Waals surface area contributed by atoms with E-state index < -0.39 is 23.7 Å². The Bertz CT molecular complexity index is 1420. The highest BCUT2D eigenvalue weighted by Gasteiger charge is 2.52. The molecule has 9 nitrogen and oxygen atoms in total. The van der Waals surface area contributed by atoms with Gasteiger partial charge in [-0.3, -0.25) is 9.69 Å². The molecule has 2 fully saturated rings. The molecular formula is C31H35N5O4. The number of aromatic nitrogens is 3. The number of carbonyl (C=O) groups is 2. The Kier molecular flexibility index (Phi) is 7.61. The van der Waals surface area contributed by atoms with Gasteiger partial charge in [0.05, 0.1) is 37.0 Å². The third-order valence-electron chi connectivity index (χ3n) is 7.69. The lowest BCUT2D eigenvalue weighted by molar-refractivity contribution is -0.126. The summed E-state index contributed by atoms with van der Waals surface area (Å²) in [5.41, 5.74) is 2.80. The summed E-state index contributed by atoms with van der Waals surface area (Å²) in [4.78, 5) is 28.0. The molecule has 0 unspecified atom stereocenters. The van der Waals surface area contributed by atoms with Crippen molar-refractivity contribution in [2.24, 2.45) is 11.8 Å². The van der Waals surface area contributed by atoms with Gasteiger partial charge < -0.3 is 9.47 Å². The number of ether oxygens (including phenoxy) is 2. The van der Waals surface area contributed by atoms with Crippen molar-refractivity contribution in [3.8, 4) is 28.8 Å². The van der Waals surface area contributed by atoms with Crippen LogP contribution in [-0.4, -0.2) is 56.6 Å². The van der Waals surface area contributed by atoms with E-state index in [0.717, 1.165) is 47.5 Å². The zero-order valence-electron chi connectivity index (χ0n) is 23.4. The largest absolute Gasteiger partial charge is 0.497 e. The Hall–Kier alpha value is -4.19. The number of rotatable bonds is 8. The summed E-state index contributed by atoms with van der Waals surface area (Å²) in [5, 5.41) is 18.4. The van der Waals surface area contributed by atoms with Gasteiger partial charge in [-0.1, -0.05) is 29.5 Å². The molecule has 208 valence electrons. The van der Waals surface area contributed by atoms with Gasteiger partial charge in [0.25, 0.3) is 0 Å². The predicted molar refractivity (Wildman–Crippen MR) is 149 cm³/mol. The molecule has 1 aliphatic heterocycles. The second-order valence-corrected chi connectivity index (χ2v) is 11.7. The third kappa shape index (κ3) is 5.86. The van der Waals surface area contributed by atoms with Gasteiger partial charge in [-0.2, -0.15) is 5.26 Å². The van der Waals surface area contributed by atoms with E-state index in [1.165, 1.54) is 0 Å².